The van der Waals surface area contributed by atoms with E-state index in [2.05, 4.69) is 15.8 Å². The van der Waals surface area contributed by atoms with Crippen molar-refractivity contribution >= 4 is 40.3 Å². The average molecular weight is 458 g/mol. The number of anilines is 1. The first kappa shape index (κ1) is 24.5. The quantitative estimate of drug-likeness (QED) is 0.324. The summed E-state index contributed by atoms with van der Waals surface area (Å²) in [6.45, 7) is 3.12. The number of carbonyl (C=O) groups excluding carboxylic acids is 2. The van der Waals surface area contributed by atoms with Crippen molar-refractivity contribution in [3.63, 3.8) is 0 Å². The topological polar surface area (TPSA) is 200 Å². The highest BCUT2D eigenvalue weighted by Gasteiger charge is 2.21. The van der Waals surface area contributed by atoms with E-state index in [4.69, 9.17) is 0 Å². The number of nitrogens with one attached hydrogen (secondary N) is 2. The molecule has 0 aliphatic heterocycles. The number of nitrogens with zero attached hydrogens (tertiary/aromatic N) is 4. The smallest absolute Gasteiger partial charge is 0.279 e. The highest BCUT2D eigenvalue weighted by Crippen LogP contribution is 2.25. The largest absolute Gasteiger partial charge is 0.325 e. The van der Waals surface area contributed by atoms with Gasteiger partial charge in [0.25, 0.3) is 17.1 Å². The van der Waals surface area contributed by atoms with Gasteiger partial charge in [0.2, 0.25) is 11.8 Å². The summed E-state index contributed by atoms with van der Waals surface area (Å²) in [5, 5.41) is 39.1. The molecule has 0 bridgehead atoms. The standard InChI is InChI=1S/C19H18N6O8/c1-11-3-5-14(23(28)29)9-16(11)20-18(26)7-12(2)21-22-19(27)8-13-4-6-15(24(30)31)10-17(13)25(32)33/h3-6,9-10H,7-8H2,1-2H3,(H,20,26)(H,22,27)/b21-12+. The average Bonchev–Trinajstić information content (AvgIpc) is 2.73. The van der Waals surface area contributed by atoms with Gasteiger partial charge in [-0.25, -0.2) is 5.43 Å². The van der Waals surface area contributed by atoms with Crippen LogP contribution in [0.5, 0.6) is 0 Å². The predicted octanol–water partition coefficient (Wildman–Crippen LogP) is 2.78. The minimum absolute atomic E-state index is 0.0464. The molecule has 0 radical (unpaired) electrons. The number of rotatable bonds is 9. The van der Waals surface area contributed by atoms with E-state index in [1.807, 2.05) is 0 Å². The molecule has 2 amide bonds. The van der Waals surface area contributed by atoms with Gasteiger partial charge in [-0.15, -0.1) is 0 Å². The maximum Gasteiger partial charge on any atom is 0.279 e. The molecule has 0 heterocycles. The summed E-state index contributed by atoms with van der Waals surface area (Å²) < 4.78 is 0. The fourth-order valence-electron chi connectivity index (χ4n) is 2.68. The summed E-state index contributed by atoms with van der Waals surface area (Å²) in [5.41, 5.74) is 1.94. The van der Waals surface area contributed by atoms with Gasteiger partial charge in [0.15, 0.2) is 0 Å². The lowest BCUT2D eigenvalue weighted by molar-refractivity contribution is -0.394. The Morgan fingerprint density at radius 3 is 2.12 bits per heavy atom. The van der Waals surface area contributed by atoms with Crippen LogP contribution in [0.4, 0.5) is 22.7 Å². The molecule has 0 aliphatic carbocycles. The lowest BCUT2D eigenvalue weighted by Gasteiger charge is -2.08. The van der Waals surface area contributed by atoms with Crippen LogP contribution in [-0.2, 0) is 16.0 Å². The first-order valence-electron chi connectivity index (χ1n) is 9.26. The maximum atomic E-state index is 12.2. The minimum atomic E-state index is -0.829. The van der Waals surface area contributed by atoms with Crippen molar-refractivity contribution in [1.82, 2.24) is 5.43 Å². The third kappa shape index (κ3) is 6.88. The zero-order valence-corrected chi connectivity index (χ0v) is 17.4. The molecule has 14 nitrogen and oxygen atoms in total. The second-order valence-electron chi connectivity index (χ2n) is 6.87. The zero-order valence-electron chi connectivity index (χ0n) is 17.4. The third-order valence-electron chi connectivity index (χ3n) is 4.32. The number of hydrazone groups is 1. The van der Waals surface area contributed by atoms with Gasteiger partial charge in [0.1, 0.15) is 0 Å². The van der Waals surface area contributed by atoms with E-state index < -0.39 is 44.4 Å². The molecule has 0 saturated heterocycles. The van der Waals surface area contributed by atoms with Crippen LogP contribution < -0.4 is 10.7 Å². The van der Waals surface area contributed by atoms with E-state index in [0.717, 1.165) is 18.2 Å². The molecular weight excluding hydrogens is 440 g/mol. The molecule has 14 heteroatoms. The van der Waals surface area contributed by atoms with Crippen molar-refractivity contribution in [3.8, 4) is 0 Å². The van der Waals surface area contributed by atoms with Crippen LogP contribution in [0.1, 0.15) is 24.5 Å². The van der Waals surface area contributed by atoms with E-state index >= 15 is 0 Å². The molecule has 0 aliphatic rings. The number of benzene rings is 2. The second kappa shape index (κ2) is 10.5. The van der Waals surface area contributed by atoms with Gasteiger partial charge in [0, 0.05) is 29.5 Å². The molecule has 0 spiro atoms. The zero-order chi connectivity index (χ0) is 24.7. The van der Waals surface area contributed by atoms with Gasteiger partial charge in [0.05, 0.1) is 39.4 Å². The summed E-state index contributed by atoms with van der Waals surface area (Å²) in [4.78, 5) is 54.9. The Balaban J connectivity index is 2.00. The van der Waals surface area contributed by atoms with Gasteiger partial charge in [-0.2, -0.15) is 5.10 Å². The van der Waals surface area contributed by atoms with Crippen molar-refractivity contribution < 1.29 is 24.4 Å². The van der Waals surface area contributed by atoms with Crippen molar-refractivity contribution in [2.45, 2.75) is 26.7 Å². The Hall–Kier alpha value is -4.75. The van der Waals surface area contributed by atoms with Crippen LogP contribution >= 0.6 is 0 Å². The van der Waals surface area contributed by atoms with Crippen LogP contribution in [0.15, 0.2) is 41.5 Å². The summed E-state index contributed by atoms with van der Waals surface area (Å²) in [7, 11) is 0. The number of amides is 2. The number of carbonyl (C=O) groups is 2. The van der Waals surface area contributed by atoms with Crippen molar-refractivity contribution in [2.75, 3.05) is 5.32 Å². The molecule has 2 rings (SSSR count). The van der Waals surface area contributed by atoms with Crippen molar-refractivity contribution in [3.05, 3.63) is 77.9 Å². The van der Waals surface area contributed by atoms with Gasteiger partial charge < -0.3 is 5.32 Å². The van der Waals surface area contributed by atoms with E-state index in [-0.39, 0.29) is 29.1 Å². The molecule has 2 aromatic rings. The Labute approximate surface area is 185 Å². The minimum Gasteiger partial charge on any atom is -0.325 e. The van der Waals surface area contributed by atoms with E-state index in [9.17, 15) is 39.9 Å². The SMILES string of the molecule is C/C(CC(=O)Nc1cc([N+](=O)[O-])ccc1C)=N\NC(=O)Cc1ccc([N+](=O)[O-])cc1[N+](=O)[O-]. The Bertz CT molecular complexity index is 1180. The molecule has 0 atom stereocenters. The highest BCUT2D eigenvalue weighted by atomic mass is 16.6. The molecule has 0 saturated carbocycles. The normalized spacial score (nSPS) is 10.9. The fourth-order valence-corrected chi connectivity index (χ4v) is 2.68. The van der Waals surface area contributed by atoms with E-state index in [1.165, 1.54) is 25.1 Å². The number of nitro benzene ring substituents is 3. The van der Waals surface area contributed by atoms with Crippen LogP contribution in [0.3, 0.4) is 0 Å². The molecule has 2 aromatic carbocycles. The molecule has 172 valence electrons. The highest BCUT2D eigenvalue weighted by molar-refractivity contribution is 6.06. The number of nitro groups is 3. The van der Waals surface area contributed by atoms with Crippen molar-refractivity contribution in [2.24, 2.45) is 5.10 Å². The van der Waals surface area contributed by atoms with E-state index in [0.29, 0.717) is 5.56 Å². The summed E-state index contributed by atoms with van der Waals surface area (Å²) in [6.07, 6.45) is -0.704. The lowest BCUT2D eigenvalue weighted by atomic mass is 10.1. The summed E-state index contributed by atoms with van der Waals surface area (Å²) >= 11 is 0. The molecule has 0 unspecified atom stereocenters. The summed E-state index contributed by atoms with van der Waals surface area (Å²) in [5.74, 6) is -1.26. The monoisotopic (exact) mass is 458 g/mol. The van der Waals surface area contributed by atoms with Gasteiger partial charge in [-0.05, 0) is 25.5 Å². The lowest BCUT2D eigenvalue weighted by Crippen LogP contribution is -2.23. The Morgan fingerprint density at radius 2 is 1.52 bits per heavy atom. The fraction of sp³-hybridized carbons (Fsp3) is 0.211. The van der Waals surface area contributed by atoms with E-state index in [1.54, 1.807) is 6.92 Å². The van der Waals surface area contributed by atoms with Crippen LogP contribution in [0.2, 0.25) is 0 Å². The first-order valence-corrected chi connectivity index (χ1v) is 9.26. The Kier molecular flexibility index (Phi) is 7.82. The number of hydrogen-bond donors (Lipinski definition) is 2. The third-order valence-corrected chi connectivity index (χ3v) is 4.32. The Morgan fingerprint density at radius 1 is 0.909 bits per heavy atom. The van der Waals surface area contributed by atoms with Crippen LogP contribution in [-0.4, -0.2) is 32.3 Å². The number of non-ortho nitro benzene ring substituents is 2. The van der Waals surface area contributed by atoms with Gasteiger partial charge >= 0.3 is 0 Å². The van der Waals surface area contributed by atoms with Crippen LogP contribution in [0, 0.1) is 37.3 Å². The maximum absolute atomic E-state index is 12.2. The second-order valence-corrected chi connectivity index (χ2v) is 6.87. The number of aryl methyl sites for hydroxylation is 1. The molecule has 0 fully saturated rings. The molecule has 33 heavy (non-hydrogen) atoms. The predicted molar refractivity (Wildman–Crippen MR) is 116 cm³/mol. The van der Waals surface area contributed by atoms with Gasteiger partial charge in [-0.3, -0.25) is 39.9 Å². The molecule has 0 aromatic heterocycles. The summed E-state index contributed by atoms with van der Waals surface area (Å²) in [6, 6.07) is 6.94. The van der Waals surface area contributed by atoms with Gasteiger partial charge in [-0.1, -0.05) is 6.07 Å². The molecule has 2 N–H and O–H groups in total. The van der Waals surface area contributed by atoms with Crippen LogP contribution in [0.25, 0.3) is 0 Å². The molecular formula is C19H18N6O8. The van der Waals surface area contributed by atoms with Crippen molar-refractivity contribution in [1.29, 1.82) is 0 Å². The number of hydrogen-bond acceptors (Lipinski definition) is 9. The first-order chi connectivity index (χ1) is 15.5.